The molecule has 0 saturated heterocycles. The largest absolute Gasteiger partial charge is 0.467 e. The van der Waals surface area contributed by atoms with Crippen molar-refractivity contribution in [3.63, 3.8) is 0 Å². The van der Waals surface area contributed by atoms with Crippen molar-refractivity contribution in [3.8, 4) is 11.5 Å². The first-order chi connectivity index (χ1) is 16.4. The SMILES string of the molecule is COC(=O)C(CCCCC(NC(=O)Oc1ccccc1)C(=O)OC)NC(=O)Oc1ccccc1. The van der Waals surface area contributed by atoms with Crippen molar-refractivity contribution in [1.82, 2.24) is 10.6 Å². The molecular formula is C24H28N2O8. The van der Waals surface area contributed by atoms with Crippen LogP contribution in [0.4, 0.5) is 9.59 Å². The molecule has 2 rings (SSSR count). The lowest BCUT2D eigenvalue weighted by Gasteiger charge is -2.18. The maximum absolute atomic E-state index is 12.1. The molecule has 2 aromatic carbocycles. The number of carbonyl (C=O) groups is 4. The zero-order chi connectivity index (χ0) is 24.8. The molecule has 10 heteroatoms. The number of hydrogen-bond donors (Lipinski definition) is 2. The molecule has 0 aromatic heterocycles. The third-order valence-electron chi connectivity index (χ3n) is 4.70. The lowest BCUT2D eigenvalue weighted by molar-refractivity contribution is -0.144. The van der Waals surface area contributed by atoms with Crippen LogP contribution in [0, 0.1) is 0 Å². The Bertz CT molecular complexity index is 859. The topological polar surface area (TPSA) is 129 Å². The molecule has 0 heterocycles. The summed E-state index contributed by atoms with van der Waals surface area (Å²) < 4.78 is 19.8. The maximum Gasteiger partial charge on any atom is 0.413 e. The quantitative estimate of drug-likeness (QED) is 0.377. The molecule has 2 unspecified atom stereocenters. The van der Waals surface area contributed by atoms with E-state index >= 15 is 0 Å². The molecule has 0 aliphatic heterocycles. The zero-order valence-electron chi connectivity index (χ0n) is 19.0. The predicted octanol–water partition coefficient (Wildman–Crippen LogP) is 3.21. The minimum atomic E-state index is -0.936. The Morgan fingerprint density at radius 2 is 1.00 bits per heavy atom. The van der Waals surface area contributed by atoms with Gasteiger partial charge in [-0.1, -0.05) is 49.2 Å². The van der Waals surface area contributed by atoms with Crippen LogP contribution in [0.3, 0.4) is 0 Å². The summed E-state index contributed by atoms with van der Waals surface area (Å²) in [7, 11) is 2.43. The molecule has 2 N–H and O–H groups in total. The van der Waals surface area contributed by atoms with Crippen molar-refractivity contribution in [2.24, 2.45) is 0 Å². The Morgan fingerprint density at radius 3 is 1.32 bits per heavy atom. The number of hydrogen-bond acceptors (Lipinski definition) is 8. The van der Waals surface area contributed by atoms with Crippen molar-refractivity contribution in [1.29, 1.82) is 0 Å². The summed E-state index contributed by atoms with van der Waals surface area (Å²) in [6, 6.07) is 14.9. The summed E-state index contributed by atoms with van der Waals surface area (Å²) in [5.74, 6) is -0.589. The van der Waals surface area contributed by atoms with E-state index in [2.05, 4.69) is 10.6 Å². The molecule has 0 spiro atoms. The van der Waals surface area contributed by atoms with Gasteiger partial charge in [-0.3, -0.25) is 0 Å². The predicted molar refractivity (Wildman–Crippen MR) is 121 cm³/mol. The van der Waals surface area contributed by atoms with Crippen LogP contribution in [0.1, 0.15) is 25.7 Å². The average molecular weight is 472 g/mol. The Labute approximate surface area is 197 Å². The first-order valence-corrected chi connectivity index (χ1v) is 10.7. The first kappa shape index (κ1) is 26.2. The fraction of sp³-hybridized carbons (Fsp3) is 0.333. The molecule has 0 aliphatic rings. The van der Waals surface area contributed by atoms with Crippen LogP contribution in [-0.2, 0) is 19.1 Å². The van der Waals surface area contributed by atoms with Crippen LogP contribution in [0.15, 0.2) is 60.7 Å². The summed E-state index contributed by atoms with van der Waals surface area (Å²) in [6.07, 6.45) is -0.237. The molecule has 0 fully saturated rings. The average Bonchev–Trinajstić information content (AvgIpc) is 2.85. The number of nitrogens with one attached hydrogen (secondary N) is 2. The van der Waals surface area contributed by atoms with Gasteiger partial charge in [0, 0.05) is 0 Å². The lowest BCUT2D eigenvalue weighted by Crippen LogP contribution is -2.43. The van der Waals surface area contributed by atoms with E-state index in [4.69, 9.17) is 18.9 Å². The first-order valence-electron chi connectivity index (χ1n) is 10.7. The van der Waals surface area contributed by atoms with Gasteiger partial charge < -0.3 is 29.6 Å². The molecule has 0 aliphatic carbocycles. The van der Waals surface area contributed by atoms with Crippen LogP contribution >= 0.6 is 0 Å². The summed E-state index contributed by atoms with van der Waals surface area (Å²) in [4.78, 5) is 48.4. The molecule has 0 radical (unpaired) electrons. The van der Waals surface area contributed by atoms with E-state index in [-0.39, 0.29) is 12.8 Å². The lowest BCUT2D eigenvalue weighted by atomic mass is 10.0. The number of para-hydroxylation sites is 2. The molecule has 182 valence electrons. The maximum atomic E-state index is 12.1. The highest BCUT2D eigenvalue weighted by Crippen LogP contribution is 2.12. The molecular weight excluding hydrogens is 444 g/mol. The smallest absolute Gasteiger partial charge is 0.413 e. The zero-order valence-corrected chi connectivity index (χ0v) is 19.0. The van der Waals surface area contributed by atoms with Crippen LogP contribution in [0.25, 0.3) is 0 Å². The molecule has 10 nitrogen and oxygen atoms in total. The van der Waals surface area contributed by atoms with E-state index in [1.54, 1.807) is 60.7 Å². The van der Waals surface area contributed by atoms with Crippen molar-refractivity contribution >= 4 is 24.1 Å². The van der Waals surface area contributed by atoms with Gasteiger partial charge in [-0.05, 0) is 37.1 Å². The van der Waals surface area contributed by atoms with Gasteiger partial charge in [-0.25, -0.2) is 19.2 Å². The van der Waals surface area contributed by atoms with E-state index in [1.165, 1.54) is 14.2 Å². The molecule has 34 heavy (non-hydrogen) atoms. The number of amides is 2. The highest BCUT2D eigenvalue weighted by Gasteiger charge is 2.25. The van der Waals surface area contributed by atoms with Gasteiger partial charge in [0.2, 0.25) is 0 Å². The fourth-order valence-electron chi connectivity index (χ4n) is 3.01. The Hall–Kier alpha value is -4.08. The molecule has 2 atom stereocenters. The number of ether oxygens (including phenoxy) is 4. The molecule has 0 saturated carbocycles. The standard InChI is InChI=1S/C24H28N2O8/c1-31-21(27)19(25-23(29)33-17-11-5-3-6-12-17)15-9-10-16-20(22(28)32-2)26-24(30)34-18-13-7-4-8-14-18/h3-8,11-14,19-20H,9-10,15-16H2,1-2H3,(H,25,29)(H,26,30). The van der Waals surface area contributed by atoms with E-state index in [0.717, 1.165) is 0 Å². The molecule has 2 amide bonds. The van der Waals surface area contributed by atoms with Gasteiger partial charge in [0.15, 0.2) is 0 Å². The van der Waals surface area contributed by atoms with Crippen molar-refractivity contribution in [2.45, 2.75) is 37.8 Å². The van der Waals surface area contributed by atoms with Gasteiger partial charge in [0.05, 0.1) is 14.2 Å². The van der Waals surface area contributed by atoms with Gasteiger partial charge in [-0.15, -0.1) is 0 Å². The third-order valence-corrected chi connectivity index (χ3v) is 4.70. The summed E-state index contributed by atoms with van der Waals surface area (Å²) in [5.41, 5.74) is 0. The second-order valence-corrected chi connectivity index (χ2v) is 7.13. The van der Waals surface area contributed by atoms with E-state index in [0.29, 0.717) is 24.3 Å². The fourth-order valence-corrected chi connectivity index (χ4v) is 3.01. The number of methoxy groups -OCH3 is 2. The number of esters is 2. The van der Waals surface area contributed by atoms with Gasteiger partial charge in [0.1, 0.15) is 23.6 Å². The van der Waals surface area contributed by atoms with Gasteiger partial charge >= 0.3 is 24.1 Å². The Kier molecular flexibility index (Phi) is 10.9. The van der Waals surface area contributed by atoms with Crippen LogP contribution in [-0.4, -0.2) is 50.4 Å². The summed E-state index contributed by atoms with van der Waals surface area (Å²) in [6.45, 7) is 0. The Balaban J connectivity index is 1.84. The highest BCUT2D eigenvalue weighted by molar-refractivity contribution is 5.82. The summed E-state index contributed by atoms with van der Waals surface area (Å²) >= 11 is 0. The number of unbranched alkanes of at least 4 members (excludes halogenated alkanes) is 1. The van der Waals surface area contributed by atoms with Gasteiger partial charge in [-0.2, -0.15) is 0 Å². The minimum absolute atomic E-state index is 0.235. The number of rotatable bonds is 11. The highest BCUT2D eigenvalue weighted by atomic mass is 16.6. The van der Waals surface area contributed by atoms with Crippen LogP contribution < -0.4 is 20.1 Å². The number of carbonyl (C=O) groups excluding carboxylic acids is 4. The Morgan fingerprint density at radius 1 is 0.647 bits per heavy atom. The van der Waals surface area contributed by atoms with E-state index < -0.39 is 36.2 Å². The normalized spacial score (nSPS) is 11.9. The van der Waals surface area contributed by atoms with Crippen molar-refractivity contribution in [2.75, 3.05) is 14.2 Å². The van der Waals surface area contributed by atoms with Crippen molar-refractivity contribution < 1.29 is 38.1 Å². The summed E-state index contributed by atoms with van der Waals surface area (Å²) in [5, 5.41) is 4.96. The second-order valence-electron chi connectivity index (χ2n) is 7.13. The van der Waals surface area contributed by atoms with Crippen molar-refractivity contribution in [3.05, 3.63) is 60.7 Å². The molecule has 0 bridgehead atoms. The third kappa shape index (κ3) is 9.19. The minimum Gasteiger partial charge on any atom is -0.467 e. The van der Waals surface area contributed by atoms with Crippen LogP contribution in [0.2, 0.25) is 0 Å². The van der Waals surface area contributed by atoms with Crippen LogP contribution in [0.5, 0.6) is 11.5 Å². The second kappa shape index (κ2) is 14.1. The number of benzene rings is 2. The van der Waals surface area contributed by atoms with E-state index in [9.17, 15) is 19.2 Å². The molecule has 2 aromatic rings. The van der Waals surface area contributed by atoms with E-state index in [1.807, 2.05) is 0 Å². The van der Waals surface area contributed by atoms with Gasteiger partial charge in [0.25, 0.3) is 0 Å². The monoisotopic (exact) mass is 472 g/mol.